The Kier molecular flexibility index (Phi) is 21.4. The Labute approximate surface area is 527 Å². The second-order valence-corrected chi connectivity index (χ2v) is 23.3. The lowest BCUT2D eigenvalue weighted by atomic mass is 10.1. The van der Waals surface area contributed by atoms with Crippen molar-refractivity contribution in [1.29, 1.82) is 0 Å². The number of carboxylic acids is 2. The molecule has 0 aliphatic heterocycles. The number of hydrogen-bond donors (Lipinski definition) is 14. The minimum atomic E-state index is -4.96. The Balaban J connectivity index is 1.05. The molecule has 9 rings (SSSR count). The average Bonchev–Trinajstić information content (AvgIpc) is 0.780. The molecule has 0 unspecified atom stereocenters. The number of fused-ring (bicyclic) bond motifs is 2. The van der Waals surface area contributed by atoms with Gasteiger partial charge in [0.15, 0.2) is 11.5 Å². The normalized spacial score (nSPS) is 11.8. The van der Waals surface area contributed by atoms with Crippen LogP contribution in [0.25, 0.3) is 21.5 Å². The van der Waals surface area contributed by atoms with Crippen LogP contribution in [0.2, 0.25) is 0 Å². The Morgan fingerprint density at radius 1 is 0.500 bits per heavy atom. The van der Waals surface area contributed by atoms with Gasteiger partial charge in [-0.3, -0.25) is 9.11 Å². The van der Waals surface area contributed by atoms with E-state index in [1.807, 2.05) is 13.8 Å². The second-order valence-electron chi connectivity index (χ2n) is 19.0. The highest BCUT2D eigenvalue weighted by Gasteiger charge is 2.26. The molecule has 478 valence electrons. The third kappa shape index (κ3) is 16.4. The molecule has 9 aromatic rings. The van der Waals surface area contributed by atoms with Crippen molar-refractivity contribution in [1.82, 2.24) is 29.9 Å². The van der Waals surface area contributed by atoms with Gasteiger partial charge in [-0.2, -0.15) is 46.7 Å². The van der Waals surface area contributed by atoms with Crippen molar-refractivity contribution in [2.75, 3.05) is 45.0 Å². The van der Waals surface area contributed by atoms with E-state index in [2.05, 4.69) is 101 Å². The van der Waals surface area contributed by atoms with Crippen molar-refractivity contribution < 1.29 is 85.2 Å². The van der Waals surface area contributed by atoms with Crippen molar-refractivity contribution in [3.8, 4) is 11.5 Å². The van der Waals surface area contributed by atoms with Gasteiger partial charge in [-0.05, 0) is 109 Å². The average molecular weight is 1340 g/mol. The first-order valence-corrected chi connectivity index (χ1v) is 31.1. The summed E-state index contributed by atoms with van der Waals surface area (Å²) < 4.78 is 80.7. The van der Waals surface area contributed by atoms with Gasteiger partial charge < -0.3 is 52.3 Å². The Morgan fingerprint density at radius 3 is 1.21 bits per heavy atom. The van der Waals surface area contributed by atoms with E-state index < -0.39 is 53.5 Å². The van der Waals surface area contributed by atoms with Crippen LogP contribution in [0.4, 0.5) is 81.2 Å². The summed E-state index contributed by atoms with van der Waals surface area (Å²) in [6.45, 7) is 4.74. The highest BCUT2D eigenvalue weighted by atomic mass is 32.2. The largest absolute Gasteiger partial charge is 0.505 e. The number of carboxylic acid groups (broad SMARTS) is 2. The van der Waals surface area contributed by atoms with Gasteiger partial charge in [0.25, 0.3) is 20.2 Å². The summed E-state index contributed by atoms with van der Waals surface area (Å²) >= 11 is 0.625. The Hall–Kier alpha value is -10.1. The fourth-order valence-corrected chi connectivity index (χ4v) is 10.6. The van der Waals surface area contributed by atoms with Crippen molar-refractivity contribution in [2.24, 2.45) is 20.5 Å². The summed E-state index contributed by atoms with van der Waals surface area (Å²) in [5, 5.41) is 103. The highest BCUT2D eigenvalue weighted by molar-refractivity contribution is 7.95. The summed E-state index contributed by atoms with van der Waals surface area (Å²) in [4.78, 5) is 49.4. The Morgan fingerprint density at radius 2 is 0.859 bits per heavy atom. The number of nitrogens with one attached hydrogen (secondary N) is 6. The zero-order valence-corrected chi connectivity index (χ0v) is 50.7. The summed E-state index contributed by atoms with van der Waals surface area (Å²) in [5.74, 6) is -4.54. The lowest BCUT2D eigenvalue weighted by molar-refractivity contribution is -0.432. The number of rotatable bonds is 30. The molecule has 2 aromatic heterocycles. The van der Waals surface area contributed by atoms with Gasteiger partial charge in [0, 0.05) is 35.2 Å². The molecule has 14 N–H and O–H groups in total. The number of phenolic OH excluding ortho intramolecular Hbond substituents is 2. The fourth-order valence-electron chi connectivity index (χ4n) is 8.55. The van der Waals surface area contributed by atoms with Crippen LogP contribution in [-0.4, -0.2) is 112 Å². The number of anilines is 10. The summed E-state index contributed by atoms with van der Waals surface area (Å²) in [7, 11) is -9.91. The molecule has 38 heteroatoms. The molecule has 0 atom stereocenters. The minimum Gasteiger partial charge on any atom is -0.505 e. The fraction of sp³-hybridized carbons (Fsp3) is 0.148. The second kappa shape index (κ2) is 29.7. The zero-order valence-electron chi connectivity index (χ0n) is 47.4. The highest BCUT2D eigenvalue weighted by Crippen LogP contribution is 2.50. The van der Waals surface area contributed by atoms with E-state index in [1.165, 1.54) is 60.7 Å². The summed E-state index contributed by atoms with van der Waals surface area (Å²) in [5.41, 5.74) is -1.06. The predicted molar refractivity (Wildman–Crippen MR) is 333 cm³/mol. The number of aromatic hydroxyl groups is 2. The number of azo groups is 2. The summed E-state index contributed by atoms with van der Waals surface area (Å²) in [6.07, 6.45) is 2.97. The molecule has 7 aromatic carbocycles. The van der Waals surface area contributed by atoms with Crippen molar-refractivity contribution in [3.63, 3.8) is 0 Å². The van der Waals surface area contributed by atoms with E-state index in [-0.39, 0.29) is 112 Å². The number of aromatic carboxylic acids is 2. The zero-order chi connectivity index (χ0) is 65.7. The van der Waals surface area contributed by atoms with Crippen LogP contribution < -0.4 is 31.9 Å². The minimum absolute atomic E-state index is 0.0368. The first-order chi connectivity index (χ1) is 44.1. The first kappa shape index (κ1) is 66.3. The van der Waals surface area contributed by atoms with Gasteiger partial charge >= 0.3 is 11.9 Å². The predicted octanol–water partition coefficient (Wildman–Crippen LogP) is 12.7. The van der Waals surface area contributed by atoms with Crippen LogP contribution in [0, 0.1) is 0 Å². The van der Waals surface area contributed by atoms with E-state index in [0.29, 0.717) is 61.4 Å². The van der Waals surface area contributed by atoms with E-state index in [0.717, 1.165) is 37.1 Å². The number of carbonyl (C=O) groups is 2. The number of benzene rings is 7. The molecule has 0 radical (unpaired) electrons. The number of aromatic nitrogens is 6. The molecule has 0 fully saturated rings. The first-order valence-electron chi connectivity index (χ1n) is 26.7. The van der Waals surface area contributed by atoms with Crippen molar-refractivity contribution in [2.45, 2.75) is 59.1 Å². The van der Waals surface area contributed by atoms with E-state index >= 15 is 0 Å². The van der Waals surface area contributed by atoms with Gasteiger partial charge in [0.2, 0.25) is 35.7 Å². The maximum Gasteiger partial charge on any atom is 0.337 e. The van der Waals surface area contributed by atoms with Crippen LogP contribution in [0.15, 0.2) is 149 Å². The van der Waals surface area contributed by atoms with Gasteiger partial charge in [0.05, 0.1) is 66.2 Å². The van der Waals surface area contributed by atoms with Crippen molar-refractivity contribution >= 4 is 159 Å². The van der Waals surface area contributed by atoms with E-state index in [4.69, 9.17) is 10.5 Å². The standard InChI is InChI=1S/C54H50N16O18S4/c1-3-5-19-55-49-61-51(65-53(63-49)59-37-25-31(91(79,80)81)21-27-23-39(89-87-85-77)43(45(71)41(27)37)69-67-35-13-9-7-11-33(35)47(73)74)57-29-15-17-30(18-16-29)58-52-62-50(56-20-6-4-2)64-54(66-52)60-38-26-32(92(82,83)84)22-28-24-40(90-88-86-78)44(46(72)42(28)38)70-68-36-14-10-8-12-34(36)48(75)76/h7-18,21-26,71-72,77-78H,3-6,19-20H2,1-2H3,(H,73,74)(H,75,76)(H,79,80,81)(H,82,83,84)(H3,55,57,59,61,63,65)(H3,56,58,60,62,64,66). The molecular weight excluding hydrogens is 1290 g/mol. The molecule has 0 bridgehead atoms. The van der Waals surface area contributed by atoms with Gasteiger partial charge in [0.1, 0.15) is 22.7 Å². The van der Waals surface area contributed by atoms with Crippen molar-refractivity contribution in [3.05, 3.63) is 120 Å². The van der Waals surface area contributed by atoms with Crippen LogP contribution in [0.1, 0.15) is 60.2 Å². The maximum absolute atomic E-state index is 12.7. The number of unbranched alkanes of at least 4 members (excludes halogenated alkanes) is 2. The monoisotopic (exact) mass is 1340 g/mol. The molecule has 0 spiro atoms. The molecule has 0 saturated heterocycles. The third-order valence-corrected chi connectivity index (χ3v) is 15.6. The van der Waals surface area contributed by atoms with Crippen LogP contribution in [-0.2, 0) is 39.0 Å². The van der Waals surface area contributed by atoms with Crippen LogP contribution in [0.5, 0.6) is 11.5 Å². The molecule has 0 saturated carbocycles. The van der Waals surface area contributed by atoms with Crippen LogP contribution >= 0.6 is 24.1 Å². The summed E-state index contributed by atoms with van der Waals surface area (Å²) in [6, 6.07) is 24.2. The Bertz CT molecular complexity index is 4280. The SMILES string of the molecule is CCCCNc1nc(Nc2ccc(Nc3nc(NCCCC)nc(Nc4cc(S(=O)(=O)O)cc5cc(SOOO)c(N=Nc6ccccc6C(=O)O)c(O)c45)n3)cc2)nc(Nc2cc(S(=O)(=O)O)cc3cc(SOOO)c(N=Nc4ccccc4C(=O)O)c(O)c23)n1. The quantitative estimate of drug-likeness (QED) is 0.00496. The molecule has 0 amide bonds. The molecule has 0 aliphatic rings. The van der Waals surface area contributed by atoms with Gasteiger partial charge in [-0.1, -0.05) is 61.0 Å². The molecule has 34 nitrogen and oxygen atoms in total. The molecule has 92 heavy (non-hydrogen) atoms. The topological polar surface area (TPSA) is 500 Å². The number of phenols is 2. The van der Waals surface area contributed by atoms with E-state index in [1.54, 1.807) is 24.3 Å². The number of nitrogens with zero attached hydrogens (tertiary/aromatic N) is 10. The third-order valence-electron chi connectivity index (χ3n) is 12.7. The van der Waals surface area contributed by atoms with E-state index in [9.17, 15) is 56.0 Å². The number of hydrogen-bond acceptors (Lipinski definition) is 32. The van der Waals surface area contributed by atoms with Gasteiger partial charge in [-0.15, -0.1) is 29.1 Å². The molecule has 0 aliphatic carbocycles. The van der Waals surface area contributed by atoms with Crippen LogP contribution in [0.3, 0.4) is 0 Å². The lowest BCUT2D eigenvalue weighted by Gasteiger charge is -2.16. The lowest BCUT2D eigenvalue weighted by Crippen LogP contribution is -2.11. The molecular formula is C54H50N16O18S4. The molecule has 2 heterocycles. The smallest absolute Gasteiger partial charge is 0.337 e. The maximum atomic E-state index is 12.7. The van der Waals surface area contributed by atoms with Gasteiger partial charge in [-0.25, -0.2) is 20.1 Å².